The quantitative estimate of drug-likeness (QED) is 0.934. The summed E-state index contributed by atoms with van der Waals surface area (Å²) in [6, 6.07) is 6.52. The molecule has 1 aliphatic carbocycles. The first kappa shape index (κ1) is 12.1. The van der Waals surface area contributed by atoms with E-state index in [0.29, 0.717) is 12.6 Å². The van der Waals surface area contributed by atoms with Crippen molar-refractivity contribution in [3.8, 4) is 0 Å². The van der Waals surface area contributed by atoms with Gasteiger partial charge in [-0.1, -0.05) is 22.0 Å². The molecule has 5 nitrogen and oxygen atoms in total. The summed E-state index contributed by atoms with van der Waals surface area (Å²) in [5, 5.41) is 12.7. The molecule has 2 N–H and O–H groups in total. The van der Waals surface area contributed by atoms with Crippen LogP contribution >= 0.6 is 27.7 Å². The van der Waals surface area contributed by atoms with Crippen LogP contribution in [0.25, 0.3) is 0 Å². The molecule has 0 bridgehead atoms. The molecule has 0 unspecified atom stereocenters. The van der Waals surface area contributed by atoms with Crippen molar-refractivity contribution in [3.05, 3.63) is 28.2 Å². The number of hydrogen-bond donors (Lipinski definition) is 1. The lowest BCUT2D eigenvalue weighted by Crippen LogP contribution is -2.02. The topological polar surface area (TPSA) is 69.6 Å². The first-order valence-electron chi connectivity index (χ1n) is 5.72. The van der Waals surface area contributed by atoms with E-state index in [-0.39, 0.29) is 0 Å². The smallest absolute Gasteiger partial charge is 0.214 e. The fourth-order valence-corrected chi connectivity index (χ4v) is 3.41. The third kappa shape index (κ3) is 2.30. The highest BCUT2D eigenvalue weighted by molar-refractivity contribution is 9.10. The van der Waals surface area contributed by atoms with Crippen LogP contribution in [0.1, 0.15) is 24.4 Å². The molecule has 1 aromatic heterocycles. The summed E-state index contributed by atoms with van der Waals surface area (Å²) in [5.41, 5.74) is 6.88. The summed E-state index contributed by atoms with van der Waals surface area (Å²) in [6.07, 6.45) is 2.33. The highest BCUT2D eigenvalue weighted by atomic mass is 79.9. The van der Waals surface area contributed by atoms with E-state index in [0.717, 1.165) is 20.1 Å². The summed E-state index contributed by atoms with van der Waals surface area (Å²) in [7, 11) is 0. The second-order valence-corrected chi connectivity index (χ2v) is 6.02. The molecule has 2 aromatic rings. The van der Waals surface area contributed by atoms with E-state index in [4.69, 9.17) is 5.73 Å². The van der Waals surface area contributed by atoms with E-state index >= 15 is 0 Å². The first-order chi connectivity index (χ1) is 8.79. The SMILES string of the molecule is NCc1c(Br)cccc1Sc1nnnn1C1CC1. The zero-order chi connectivity index (χ0) is 12.5. The number of nitrogens with zero attached hydrogens (tertiary/aromatic N) is 4. The molecule has 7 heteroatoms. The maximum absolute atomic E-state index is 5.79. The van der Waals surface area contributed by atoms with Crippen molar-refractivity contribution in [2.45, 2.75) is 35.5 Å². The van der Waals surface area contributed by atoms with Crippen molar-refractivity contribution >= 4 is 27.7 Å². The summed E-state index contributed by atoms with van der Waals surface area (Å²) in [5.74, 6) is 0. The maximum atomic E-state index is 5.79. The molecule has 0 radical (unpaired) electrons. The summed E-state index contributed by atoms with van der Waals surface area (Å²) in [4.78, 5) is 1.10. The molecule has 0 amide bonds. The molecule has 1 saturated carbocycles. The Morgan fingerprint density at radius 3 is 3.00 bits per heavy atom. The van der Waals surface area contributed by atoms with Crippen molar-refractivity contribution in [1.82, 2.24) is 20.2 Å². The standard InChI is InChI=1S/C11H12BrN5S/c12-9-2-1-3-10(8(9)6-13)18-11-14-15-16-17(11)7-4-5-7/h1-3,7H,4-6,13H2. The molecule has 0 atom stereocenters. The van der Waals surface area contributed by atoms with Gasteiger partial charge in [-0.3, -0.25) is 0 Å². The van der Waals surface area contributed by atoms with Gasteiger partial charge in [0.2, 0.25) is 5.16 Å². The van der Waals surface area contributed by atoms with Gasteiger partial charge in [-0.15, -0.1) is 5.10 Å². The lowest BCUT2D eigenvalue weighted by atomic mass is 10.2. The number of benzene rings is 1. The van der Waals surface area contributed by atoms with Gasteiger partial charge in [-0.2, -0.15) is 0 Å². The summed E-state index contributed by atoms with van der Waals surface area (Å²) >= 11 is 5.09. The van der Waals surface area contributed by atoms with Gasteiger partial charge in [0, 0.05) is 15.9 Å². The lowest BCUT2D eigenvalue weighted by Gasteiger charge is -2.08. The Hall–Kier alpha value is -0.920. The van der Waals surface area contributed by atoms with Crippen LogP contribution in [0.3, 0.4) is 0 Å². The second kappa shape index (κ2) is 4.99. The summed E-state index contributed by atoms with van der Waals surface area (Å²) in [6.45, 7) is 0.495. The van der Waals surface area contributed by atoms with E-state index in [1.165, 1.54) is 12.8 Å². The van der Waals surface area contributed by atoms with Gasteiger partial charge in [0.15, 0.2) is 0 Å². The fraction of sp³-hybridized carbons (Fsp3) is 0.364. The van der Waals surface area contributed by atoms with Gasteiger partial charge in [-0.25, -0.2) is 4.68 Å². The minimum absolute atomic E-state index is 0.482. The van der Waals surface area contributed by atoms with Gasteiger partial charge in [-0.05, 0) is 52.7 Å². The van der Waals surface area contributed by atoms with Crippen LogP contribution in [0.5, 0.6) is 0 Å². The second-order valence-electron chi connectivity index (χ2n) is 4.16. The zero-order valence-corrected chi connectivity index (χ0v) is 12.0. The number of halogens is 1. The highest BCUT2D eigenvalue weighted by Crippen LogP contribution is 2.39. The van der Waals surface area contributed by atoms with Crippen molar-refractivity contribution in [3.63, 3.8) is 0 Å². The first-order valence-corrected chi connectivity index (χ1v) is 7.33. The monoisotopic (exact) mass is 325 g/mol. The molecular weight excluding hydrogens is 314 g/mol. The Balaban J connectivity index is 1.92. The van der Waals surface area contributed by atoms with Crippen molar-refractivity contribution in [2.75, 3.05) is 0 Å². The molecule has 94 valence electrons. The van der Waals surface area contributed by atoms with Gasteiger partial charge in [0.05, 0.1) is 6.04 Å². The normalized spacial score (nSPS) is 15.0. The molecule has 18 heavy (non-hydrogen) atoms. The molecule has 1 aromatic carbocycles. The van der Waals surface area contributed by atoms with Crippen LogP contribution in [-0.2, 0) is 6.54 Å². The van der Waals surface area contributed by atoms with E-state index < -0.39 is 0 Å². The molecule has 0 saturated heterocycles. The predicted molar refractivity (Wildman–Crippen MR) is 72.2 cm³/mol. The van der Waals surface area contributed by atoms with Crippen LogP contribution in [0.15, 0.2) is 32.7 Å². The third-order valence-electron chi connectivity index (χ3n) is 2.84. The number of aromatic nitrogens is 4. The van der Waals surface area contributed by atoms with Crippen molar-refractivity contribution in [1.29, 1.82) is 0 Å². The van der Waals surface area contributed by atoms with Crippen LogP contribution < -0.4 is 5.73 Å². The number of rotatable bonds is 4. The molecule has 1 fully saturated rings. The van der Waals surface area contributed by atoms with Crippen LogP contribution in [0.4, 0.5) is 0 Å². The van der Waals surface area contributed by atoms with E-state index in [2.05, 4.69) is 31.5 Å². The molecular formula is C11H12BrN5S. The Kier molecular flexibility index (Phi) is 3.36. The zero-order valence-electron chi connectivity index (χ0n) is 9.58. The van der Waals surface area contributed by atoms with Crippen LogP contribution in [0, 0.1) is 0 Å². The summed E-state index contributed by atoms with van der Waals surface area (Å²) < 4.78 is 2.94. The van der Waals surface area contributed by atoms with Crippen molar-refractivity contribution < 1.29 is 0 Å². The number of nitrogens with two attached hydrogens (primary N) is 1. The van der Waals surface area contributed by atoms with E-state index in [1.54, 1.807) is 11.8 Å². The van der Waals surface area contributed by atoms with Gasteiger partial charge in [0.25, 0.3) is 0 Å². The molecule has 0 spiro atoms. The number of tetrazole rings is 1. The minimum atomic E-state index is 0.482. The van der Waals surface area contributed by atoms with E-state index in [9.17, 15) is 0 Å². The predicted octanol–water partition coefficient (Wildman–Crippen LogP) is 2.38. The number of hydrogen-bond acceptors (Lipinski definition) is 5. The Bertz CT molecular complexity index is 566. The molecule has 1 aliphatic rings. The van der Waals surface area contributed by atoms with Gasteiger partial charge in [0.1, 0.15) is 0 Å². The molecule has 1 heterocycles. The van der Waals surface area contributed by atoms with E-state index in [1.807, 2.05) is 22.9 Å². The van der Waals surface area contributed by atoms with Gasteiger partial charge < -0.3 is 5.73 Å². The van der Waals surface area contributed by atoms with Crippen molar-refractivity contribution in [2.24, 2.45) is 5.73 Å². The third-order valence-corrected chi connectivity index (χ3v) is 4.63. The lowest BCUT2D eigenvalue weighted by molar-refractivity contribution is 0.565. The highest BCUT2D eigenvalue weighted by Gasteiger charge is 2.28. The molecule has 0 aliphatic heterocycles. The Morgan fingerprint density at radius 1 is 1.44 bits per heavy atom. The maximum Gasteiger partial charge on any atom is 0.214 e. The fourth-order valence-electron chi connectivity index (χ4n) is 1.73. The Morgan fingerprint density at radius 2 is 2.28 bits per heavy atom. The minimum Gasteiger partial charge on any atom is -0.326 e. The average Bonchev–Trinajstić information content (AvgIpc) is 3.11. The largest absolute Gasteiger partial charge is 0.326 e. The Labute approximate surface area is 117 Å². The van der Waals surface area contributed by atoms with Crippen LogP contribution in [0.2, 0.25) is 0 Å². The van der Waals surface area contributed by atoms with Crippen LogP contribution in [-0.4, -0.2) is 20.2 Å². The van der Waals surface area contributed by atoms with Gasteiger partial charge >= 0.3 is 0 Å². The average molecular weight is 326 g/mol. The molecule has 3 rings (SSSR count).